The predicted octanol–water partition coefficient (Wildman–Crippen LogP) is 7.56. The third kappa shape index (κ3) is 5.86. The van der Waals surface area contributed by atoms with Gasteiger partial charge in [0.25, 0.3) is 0 Å². The van der Waals surface area contributed by atoms with Crippen molar-refractivity contribution in [1.82, 2.24) is 10.3 Å². The lowest BCUT2D eigenvalue weighted by molar-refractivity contribution is 0.00699. The van der Waals surface area contributed by atoms with Gasteiger partial charge in [-0.05, 0) is 94.9 Å². The fraction of sp³-hybridized carbons (Fsp3) is 0.464. The molecule has 0 aromatic carbocycles. The zero-order valence-electron chi connectivity index (χ0n) is 21.5. The second-order valence-electron chi connectivity index (χ2n) is 10.6. The van der Waals surface area contributed by atoms with Gasteiger partial charge < -0.3 is 10.1 Å². The molecule has 0 saturated carbocycles. The summed E-state index contributed by atoms with van der Waals surface area (Å²) in [5.41, 5.74) is 4.39. The smallest absolute Gasteiger partial charge is 0.341 e. The lowest BCUT2D eigenvalue weighted by Gasteiger charge is -2.21. The van der Waals surface area contributed by atoms with Gasteiger partial charge in [0.2, 0.25) is 0 Å². The van der Waals surface area contributed by atoms with Crippen molar-refractivity contribution in [3.63, 3.8) is 0 Å². The number of amides is 2. The van der Waals surface area contributed by atoms with E-state index in [-0.39, 0.29) is 12.0 Å². The summed E-state index contributed by atoms with van der Waals surface area (Å²) in [4.78, 5) is 34.2. The molecule has 0 spiro atoms. The van der Waals surface area contributed by atoms with E-state index in [4.69, 9.17) is 16.3 Å². The lowest BCUT2D eigenvalue weighted by atomic mass is 9.94. The van der Waals surface area contributed by atoms with Crippen molar-refractivity contribution in [2.75, 3.05) is 5.32 Å². The number of nitrogens with one attached hydrogen (secondary N) is 2. The van der Waals surface area contributed by atoms with Crippen LogP contribution in [0.25, 0.3) is 10.4 Å². The first-order chi connectivity index (χ1) is 17.7. The molecule has 37 heavy (non-hydrogen) atoms. The van der Waals surface area contributed by atoms with Crippen LogP contribution in [-0.2, 0) is 37.0 Å². The number of rotatable bonds is 5. The number of fused-ring (bicyclic) bond motifs is 2. The minimum atomic E-state index is -0.607. The Morgan fingerprint density at radius 1 is 1.00 bits per heavy atom. The van der Waals surface area contributed by atoms with Crippen LogP contribution in [0.5, 0.6) is 0 Å². The van der Waals surface area contributed by atoms with Crippen molar-refractivity contribution in [3.05, 3.63) is 55.5 Å². The van der Waals surface area contributed by atoms with E-state index in [1.165, 1.54) is 33.1 Å². The molecular weight excluding hydrogens is 526 g/mol. The summed E-state index contributed by atoms with van der Waals surface area (Å²) in [5, 5.41) is 7.21. The van der Waals surface area contributed by atoms with Crippen LogP contribution in [0.3, 0.4) is 0 Å². The van der Waals surface area contributed by atoms with Crippen molar-refractivity contribution in [2.24, 2.45) is 0 Å². The number of hydrogen-bond donors (Lipinski definition) is 2. The van der Waals surface area contributed by atoms with E-state index >= 15 is 0 Å². The lowest BCUT2D eigenvalue weighted by Crippen LogP contribution is -2.30. The number of carbonyl (C=O) groups excluding carboxylic acids is 2. The Hall–Kier alpha value is -2.42. The topological polar surface area (TPSA) is 80.3 Å². The molecule has 2 aliphatic rings. The molecule has 0 bridgehead atoms. The van der Waals surface area contributed by atoms with Crippen LogP contribution in [0.1, 0.15) is 83.3 Å². The van der Waals surface area contributed by atoms with Crippen molar-refractivity contribution in [1.29, 1.82) is 0 Å². The fourth-order valence-corrected chi connectivity index (χ4v) is 7.94. The number of anilines is 1. The minimum absolute atomic E-state index is 0.325. The highest BCUT2D eigenvalue weighted by molar-refractivity contribution is 7.17. The first-order valence-corrected chi connectivity index (χ1v) is 14.9. The number of hydrogen-bond acceptors (Lipinski definition) is 6. The van der Waals surface area contributed by atoms with Crippen molar-refractivity contribution >= 4 is 51.3 Å². The molecule has 5 rings (SSSR count). The molecule has 196 valence electrons. The van der Waals surface area contributed by atoms with E-state index < -0.39 is 5.60 Å². The molecule has 6 nitrogen and oxygen atoms in total. The molecule has 3 aromatic rings. The Morgan fingerprint density at radius 3 is 2.38 bits per heavy atom. The molecule has 2 amide bonds. The average Bonchev–Trinajstić information content (AvgIpc) is 3.39. The van der Waals surface area contributed by atoms with Crippen LogP contribution < -0.4 is 10.6 Å². The highest BCUT2D eigenvalue weighted by Gasteiger charge is 2.30. The molecule has 3 aromatic heterocycles. The minimum Gasteiger partial charge on any atom is -0.456 e. The van der Waals surface area contributed by atoms with Crippen LogP contribution in [0.2, 0.25) is 5.02 Å². The van der Waals surface area contributed by atoms with E-state index in [9.17, 15) is 9.59 Å². The van der Waals surface area contributed by atoms with Gasteiger partial charge in [-0.15, -0.1) is 22.7 Å². The third-order valence-corrected chi connectivity index (χ3v) is 9.47. The van der Waals surface area contributed by atoms with Gasteiger partial charge in [0.15, 0.2) is 0 Å². The highest BCUT2D eigenvalue weighted by Crippen LogP contribution is 2.41. The summed E-state index contributed by atoms with van der Waals surface area (Å²) in [5.74, 6) is -0.371. The molecule has 2 N–H and O–H groups in total. The summed E-state index contributed by atoms with van der Waals surface area (Å²) in [7, 11) is 0. The second kappa shape index (κ2) is 10.8. The Bertz CT molecular complexity index is 1340. The van der Waals surface area contributed by atoms with Gasteiger partial charge in [0, 0.05) is 39.1 Å². The molecule has 0 saturated heterocycles. The van der Waals surface area contributed by atoms with Crippen LogP contribution in [0.4, 0.5) is 9.80 Å². The summed E-state index contributed by atoms with van der Waals surface area (Å²) < 4.78 is 5.71. The van der Waals surface area contributed by atoms with E-state index in [1.807, 2.05) is 33.0 Å². The van der Waals surface area contributed by atoms with Gasteiger partial charge in [0.1, 0.15) is 10.6 Å². The molecule has 0 radical (unpaired) electrons. The molecule has 3 heterocycles. The van der Waals surface area contributed by atoms with Crippen LogP contribution >= 0.6 is 34.3 Å². The van der Waals surface area contributed by atoms with Gasteiger partial charge in [0.05, 0.1) is 10.6 Å². The summed E-state index contributed by atoms with van der Waals surface area (Å²) in [6.07, 6.45) is 11.8. The standard InChI is InChI=1S/C28H32ClN3O3S2/c1-28(2,3)35-26(33)23-19-9-5-7-11-22(19)37-25(23)32-27(34)31-15-20-18-8-4-6-10-21(18)36-24(20)16-12-17(29)14-30-13-16/h12-14H,4-11,15H2,1-3H3,(H2,31,32,34). The maximum absolute atomic E-state index is 13.2. The van der Waals surface area contributed by atoms with Gasteiger partial charge in [-0.25, -0.2) is 9.59 Å². The van der Waals surface area contributed by atoms with Crippen molar-refractivity contribution in [2.45, 2.75) is 84.3 Å². The van der Waals surface area contributed by atoms with Crippen molar-refractivity contribution in [3.8, 4) is 10.4 Å². The van der Waals surface area contributed by atoms with Crippen molar-refractivity contribution < 1.29 is 14.3 Å². The zero-order valence-corrected chi connectivity index (χ0v) is 23.9. The molecule has 0 aliphatic heterocycles. The number of thiophene rings is 2. The van der Waals surface area contributed by atoms with Gasteiger partial charge in [-0.1, -0.05) is 11.6 Å². The van der Waals surface area contributed by atoms with E-state index in [0.717, 1.165) is 66.5 Å². The van der Waals surface area contributed by atoms with Crippen LogP contribution in [-0.4, -0.2) is 22.6 Å². The third-order valence-electron chi connectivity index (χ3n) is 6.67. The van der Waals surface area contributed by atoms with Crippen LogP contribution in [0.15, 0.2) is 18.5 Å². The summed E-state index contributed by atoms with van der Waals surface area (Å²) >= 11 is 9.52. The zero-order chi connectivity index (χ0) is 26.2. The predicted molar refractivity (Wildman–Crippen MR) is 151 cm³/mol. The molecule has 2 aliphatic carbocycles. The number of ether oxygens (including phenoxy) is 1. The normalized spacial score (nSPS) is 15.0. The first kappa shape index (κ1) is 26.2. The Balaban J connectivity index is 1.38. The first-order valence-electron chi connectivity index (χ1n) is 12.9. The fourth-order valence-electron chi connectivity index (χ4n) is 5.10. The molecule has 0 fully saturated rings. The molecular formula is C28H32ClN3O3S2. The average molecular weight is 558 g/mol. The van der Waals surface area contributed by atoms with Gasteiger partial charge in [-0.2, -0.15) is 0 Å². The maximum Gasteiger partial charge on any atom is 0.341 e. The maximum atomic E-state index is 13.2. The number of aromatic nitrogens is 1. The summed E-state index contributed by atoms with van der Waals surface area (Å²) in [6, 6.07) is 1.60. The SMILES string of the molecule is CC(C)(C)OC(=O)c1c(NC(=O)NCc2c(-c3cncc(Cl)c3)sc3c2CCCC3)sc2c1CCCC2. The van der Waals surface area contributed by atoms with Gasteiger partial charge >= 0.3 is 12.0 Å². The number of esters is 1. The quantitative estimate of drug-likeness (QED) is 0.317. The van der Waals surface area contributed by atoms with Crippen LogP contribution in [0, 0.1) is 0 Å². The Morgan fingerprint density at radius 2 is 1.68 bits per heavy atom. The Kier molecular flexibility index (Phi) is 7.61. The van der Waals surface area contributed by atoms with Gasteiger partial charge in [-0.3, -0.25) is 10.3 Å². The van der Waals surface area contributed by atoms with E-state index in [0.29, 0.717) is 22.1 Å². The summed E-state index contributed by atoms with van der Waals surface area (Å²) in [6.45, 7) is 5.97. The largest absolute Gasteiger partial charge is 0.456 e. The second-order valence-corrected chi connectivity index (χ2v) is 13.3. The van der Waals surface area contributed by atoms with E-state index in [2.05, 4.69) is 15.6 Å². The molecule has 0 unspecified atom stereocenters. The molecule has 9 heteroatoms. The number of halogens is 1. The number of urea groups is 1. The van der Waals surface area contributed by atoms with E-state index in [1.54, 1.807) is 17.5 Å². The number of aryl methyl sites for hydroxylation is 2. The highest BCUT2D eigenvalue weighted by atomic mass is 35.5. The number of carbonyl (C=O) groups is 2. The molecule has 0 atom stereocenters. The number of nitrogens with zero attached hydrogens (tertiary/aromatic N) is 1. The number of pyridine rings is 1. The monoisotopic (exact) mass is 557 g/mol. The Labute approximate surface area is 230 Å².